The lowest BCUT2D eigenvalue weighted by Gasteiger charge is -2.27. The Hall–Kier alpha value is -1.30. The van der Waals surface area contributed by atoms with Crippen LogP contribution in [-0.2, 0) is 11.2 Å². The maximum atomic E-state index is 12.1. The summed E-state index contributed by atoms with van der Waals surface area (Å²) >= 11 is 0. The molecule has 6 heteroatoms. The Morgan fingerprint density at radius 2 is 2.04 bits per heavy atom. The molecule has 0 spiro atoms. The van der Waals surface area contributed by atoms with Crippen LogP contribution in [0.15, 0.2) is 24.3 Å². The summed E-state index contributed by atoms with van der Waals surface area (Å²) in [4.78, 5) is 14.5. The highest BCUT2D eigenvalue weighted by molar-refractivity contribution is 5.85. The van der Waals surface area contributed by atoms with Crippen molar-refractivity contribution in [3.8, 4) is 5.75 Å². The fourth-order valence-electron chi connectivity index (χ4n) is 3.00. The molecule has 1 saturated heterocycles. The minimum absolute atomic E-state index is 0. The molecular weight excluding hydrogens is 326 g/mol. The normalized spacial score (nSPS) is 16.1. The molecule has 1 aromatic rings. The van der Waals surface area contributed by atoms with Gasteiger partial charge in [0.1, 0.15) is 5.75 Å². The molecule has 1 heterocycles. The van der Waals surface area contributed by atoms with Crippen LogP contribution >= 0.6 is 12.4 Å². The Bertz CT molecular complexity index is 493. The molecule has 0 radical (unpaired) electrons. The number of piperazine rings is 1. The zero-order chi connectivity index (χ0) is 16.5. The second-order valence-electron chi connectivity index (χ2n) is 6.27. The van der Waals surface area contributed by atoms with Gasteiger partial charge in [-0.15, -0.1) is 12.4 Å². The van der Waals surface area contributed by atoms with Gasteiger partial charge in [-0.3, -0.25) is 9.69 Å². The first-order valence-corrected chi connectivity index (χ1v) is 8.50. The van der Waals surface area contributed by atoms with Crippen molar-refractivity contribution in [1.29, 1.82) is 0 Å². The summed E-state index contributed by atoms with van der Waals surface area (Å²) in [6.45, 7) is 8.02. The van der Waals surface area contributed by atoms with Gasteiger partial charge in [0, 0.05) is 45.7 Å². The average Bonchev–Trinajstić information content (AvgIpc) is 2.56. The third-order valence-corrected chi connectivity index (χ3v) is 4.25. The van der Waals surface area contributed by atoms with Crippen LogP contribution in [-0.4, -0.2) is 57.2 Å². The van der Waals surface area contributed by atoms with E-state index in [1.165, 1.54) is 0 Å². The third kappa shape index (κ3) is 7.07. The maximum absolute atomic E-state index is 12.1. The SMILES string of the molecule is COc1ccccc1CC(C)CC(=O)NCCN1CCNCC1.Cl. The standard InChI is InChI=1S/C18H29N3O2.ClH/c1-15(13-16-5-3-4-6-17(16)23-2)14-18(22)20-9-12-21-10-7-19-8-11-21;/h3-6,15,19H,7-14H2,1-2H3,(H,20,22);1H. The van der Waals surface area contributed by atoms with E-state index in [0.29, 0.717) is 12.3 Å². The Balaban J connectivity index is 0.00000288. The van der Waals surface area contributed by atoms with Crippen molar-refractivity contribution in [3.05, 3.63) is 29.8 Å². The van der Waals surface area contributed by atoms with E-state index < -0.39 is 0 Å². The van der Waals surface area contributed by atoms with Crippen molar-refractivity contribution in [2.45, 2.75) is 19.8 Å². The van der Waals surface area contributed by atoms with Gasteiger partial charge in [0.25, 0.3) is 0 Å². The maximum Gasteiger partial charge on any atom is 0.220 e. The number of rotatable bonds is 8. The molecule has 2 rings (SSSR count). The quantitative estimate of drug-likeness (QED) is 0.745. The number of ether oxygens (including phenoxy) is 1. The largest absolute Gasteiger partial charge is 0.496 e. The molecule has 0 saturated carbocycles. The van der Waals surface area contributed by atoms with Crippen LogP contribution in [0.25, 0.3) is 0 Å². The Labute approximate surface area is 151 Å². The van der Waals surface area contributed by atoms with E-state index in [4.69, 9.17) is 4.74 Å². The van der Waals surface area contributed by atoms with E-state index in [0.717, 1.165) is 57.0 Å². The summed E-state index contributed by atoms with van der Waals surface area (Å²) in [5, 5.41) is 6.38. The van der Waals surface area contributed by atoms with E-state index in [1.807, 2.05) is 18.2 Å². The molecule has 1 unspecified atom stereocenters. The Morgan fingerprint density at radius 3 is 2.75 bits per heavy atom. The molecule has 2 N–H and O–H groups in total. The van der Waals surface area contributed by atoms with Crippen LogP contribution in [0.3, 0.4) is 0 Å². The van der Waals surface area contributed by atoms with E-state index in [9.17, 15) is 4.79 Å². The number of halogens is 1. The number of hydrogen-bond acceptors (Lipinski definition) is 4. The number of carbonyl (C=O) groups is 1. The number of nitrogens with zero attached hydrogens (tertiary/aromatic N) is 1. The molecule has 136 valence electrons. The van der Waals surface area contributed by atoms with Gasteiger partial charge in [0.05, 0.1) is 7.11 Å². The monoisotopic (exact) mass is 355 g/mol. The second kappa shape index (κ2) is 11.3. The van der Waals surface area contributed by atoms with Gasteiger partial charge >= 0.3 is 0 Å². The Kier molecular flexibility index (Phi) is 9.76. The smallest absolute Gasteiger partial charge is 0.220 e. The molecule has 1 atom stereocenters. The van der Waals surface area contributed by atoms with Gasteiger partial charge in [-0.2, -0.15) is 0 Å². The number of nitrogens with one attached hydrogen (secondary N) is 2. The lowest BCUT2D eigenvalue weighted by molar-refractivity contribution is -0.121. The summed E-state index contributed by atoms with van der Waals surface area (Å²) in [6.07, 6.45) is 1.41. The van der Waals surface area contributed by atoms with Gasteiger partial charge < -0.3 is 15.4 Å². The van der Waals surface area contributed by atoms with Crippen molar-refractivity contribution in [2.75, 3.05) is 46.4 Å². The van der Waals surface area contributed by atoms with E-state index in [2.05, 4.69) is 28.5 Å². The number of benzene rings is 1. The highest BCUT2D eigenvalue weighted by Gasteiger charge is 2.13. The fraction of sp³-hybridized carbons (Fsp3) is 0.611. The molecule has 1 amide bonds. The van der Waals surface area contributed by atoms with Crippen molar-refractivity contribution in [1.82, 2.24) is 15.5 Å². The lowest BCUT2D eigenvalue weighted by atomic mass is 9.97. The summed E-state index contributed by atoms with van der Waals surface area (Å²) in [5.74, 6) is 1.34. The lowest BCUT2D eigenvalue weighted by Crippen LogP contribution is -2.46. The number of hydrogen-bond donors (Lipinski definition) is 2. The van der Waals surface area contributed by atoms with E-state index in [1.54, 1.807) is 7.11 Å². The first-order valence-electron chi connectivity index (χ1n) is 8.50. The molecule has 5 nitrogen and oxygen atoms in total. The molecular formula is C18H30ClN3O2. The minimum Gasteiger partial charge on any atom is -0.496 e. The molecule has 1 aliphatic rings. The zero-order valence-corrected chi connectivity index (χ0v) is 15.5. The third-order valence-electron chi connectivity index (χ3n) is 4.25. The van der Waals surface area contributed by atoms with E-state index >= 15 is 0 Å². The molecule has 1 fully saturated rings. The summed E-state index contributed by atoms with van der Waals surface area (Å²) < 4.78 is 5.37. The number of para-hydroxylation sites is 1. The molecule has 24 heavy (non-hydrogen) atoms. The van der Waals surface area contributed by atoms with Gasteiger partial charge in [-0.05, 0) is 24.0 Å². The summed E-state index contributed by atoms with van der Waals surface area (Å²) in [5.41, 5.74) is 1.16. The van der Waals surface area contributed by atoms with Crippen LogP contribution < -0.4 is 15.4 Å². The number of amides is 1. The highest BCUT2D eigenvalue weighted by atomic mass is 35.5. The van der Waals surface area contributed by atoms with Gasteiger partial charge in [-0.25, -0.2) is 0 Å². The van der Waals surface area contributed by atoms with Gasteiger partial charge in [0.2, 0.25) is 5.91 Å². The van der Waals surface area contributed by atoms with Crippen molar-refractivity contribution >= 4 is 18.3 Å². The van der Waals surface area contributed by atoms with Crippen molar-refractivity contribution < 1.29 is 9.53 Å². The van der Waals surface area contributed by atoms with Crippen molar-refractivity contribution in [3.63, 3.8) is 0 Å². The van der Waals surface area contributed by atoms with Crippen LogP contribution in [0.2, 0.25) is 0 Å². The van der Waals surface area contributed by atoms with Gasteiger partial charge in [-0.1, -0.05) is 25.1 Å². The number of methoxy groups -OCH3 is 1. The van der Waals surface area contributed by atoms with Crippen molar-refractivity contribution in [2.24, 2.45) is 5.92 Å². The molecule has 0 aliphatic carbocycles. The van der Waals surface area contributed by atoms with Crippen LogP contribution in [0.4, 0.5) is 0 Å². The predicted octanol–water partition coefficient (Wildman–Crippen LogP) is 1.71. The zero-order valence-electron chi connectivity index (χ0n) is 14.7. The summed E-state index contributed by atoms with van der Waals surface area (Å²) in [7, 11) is 1.69. The van der Waals surface area contributed by atoms with Crippen LogP contribution in [0, 0.1) is 5.92 Å². The predicted molar refractivity (Wildman–Crippen MR) is 100 cm³/mol. The van der Waals surface area contributed by atoms with E-state index in [-0.39, 0.29) is 18.3 Å². The Morgan fingerprint density at radius 1 is 1.33 bits per heavy atom. The number of carbonyl (C=O) groups excluding carboxylic acids is 1. The molecule has 0 bridgehead atoms. The molecule has 1 aromatic carbocycles. The average molecular weight is 356 g/mol. The highest BCUT2D eigenvalue weighted by Crippen LogP contribution is 2.21. The van der Waals surface area contributed by atoms with Crippen LogP contribution in [0.1, 0.15) is 18.9 Å². The molecule has 0 aromatic heterocycles. The first-order chi connectivity index (χ1) is 11.2. The first kappa shape index (κ1) is 20.7. The minimum atomic E-state index is 0. The van der Waals surface area contributed by atoms with Crippen LogP contribution in [0.5, 0.6) is 5.75 Å². The van der Waals surface area contributed by atoms with Gasteiger partial charge in [0.15, 0.2) is 0 Å². The topological polar surface area (TPSA) is 53.6 Å². The fourth-order valence-corrected chi connectivity index (χ4v) is 3.00. The molecule has 1 aliphatic heterocycles. The second-order valence-corrected chi connectivity index (χ2v) is 6.27. The summed E-state index contributed by atoms with van der Waals surface area (Å²) in [6, 6.07) is 8.02.